The normalized spacial score (nSPS) is 11.8. The molecule has 0 heterocycles. The van der Waals surface area contributed by atoms with Gasteiger partial charge in [-0.25, -0.2) is 0 Å². The largest absolute Gasteiger partial charge is 0.508 e. The van der Waals surface area contributed by atoms with Crippen molar-refractivity contribution >= 4 is 11.9 Å². The topological polar surface area (TPSA) is 86.6 Å². The number of carbonyl (C=O) groups is 2. The average Bonchev–Trinajstić information content (AvgIpc) is 2.26. The van der Waals surface area contributed by atoms with Gasteiger partial charge in [0.25, 0.3) is 5.91 Å². The molecule has 1 atom stereocenters. The summed E-state index contributed by atoms with van der Waals surface area (Å²) >= 11 is 0. The second kappa shape index (κ2) is 5.89. The molecule has 0 aliphatic carbocycles. The number of nitrogens with one attached hydrogen (secondary N) is 1. The summed E-state index contributed by atoms with van der Waals surface area (Å²) in [6.07, 6.45) is 0.390. The third-order valence-corrected chi connectivity index (χ3v) is 2.28. The van der Waals surface area contributed by atoms with Crippen LogP contribution in [0, 0.1) is 0 Å². The molecule has 0 saturated carbocycles. The van der Waals surface area contributed by atoms with Gasteiger partial charge >= 0.3 is 5.97 Å². The first-order valence-electron chi connectivity index (χ1n) is 5.30. The number of benzene rings is 1. The fourth-order valence-corrected chi connectivity index (χ4v) is 1.37. The van der Waals surface area contributed by atoms with Gasteiger partial charge in [-0.3, -0.25) is 9.59 Å². The molecule has 0 saturated heterocycles. The van der Waals surface area contributed by atoms with Gasteiger partial charge in [0, 0.05) is 18.0 Å². The maximum absolute atomic E-state index is 11.7. The molecule has 0 aliphatic rings. The number of carboxylic acids is 1. The van der Waals surface area contributed by atoms with Crippen LogP contribution in [-0.4, -0.2) is 28.1 Å². The second-order valence-electron chi connectivity index (χ2n) is 3.86. The third-order valence-electron chi connectivity index (χ3n) is 2.28. The van der Waals surface area contributed by atoms with Crippen molar-refractivity contribution in [3.63, 3.8) is 0 Å². The molecule has 17 heavy (non-hydrogen) atoms. The van der Waals surface area contributed by atoms with Crippen LogP contribution in [0.15, 0.2) is 24.3 Å². The highest BCUT2D eigenvalue weighted by Crippen LogP contribution is 2.11. The molecule has 0 fully saturated rings. The summed E-state index contributed by atoms with van der Waals surface area (Å²) in [5, 5.41) is 20.4. The molecule has 92 valence electrons. The van der Waals surface area contributed by atoms with E-state index in [4.69, 9.17) is 5.11 Å². The molecular weight excluding hydrogens is 222 g/mol. The molecule has 5 nitrogen and oxygen atoms in total. The van der Waals surface area contributed by atoms with E-state index in [1.807, 2.05) is 0 Å². The van der Waals surface area contributed by atoms with E-state index in [1.165, 1.54) is 12.1 Å². The van der Waals surface area contributed by atoms with Crippen molar-refractivity contribution in [3.8, 4) is 5.75 Å². The van der Waals surface area contributed by atoms with Gasteiger partial charge in [-0.05, 0) is 31.5 Å². The van der Waals surface area contributed by atoms with Gasteiger partial charge in [0.15, 0.2) is 0 Å². The predicted molar refractivity (Wildman–Crippen MR) is 61.9 cm³/mol. The number of aromatic hydroxyl groups is 1. The number of hydrogen-bond acceptors (Lipinski definition) is 3. The molecule has 0 bridgehead atoms. The Balaban J connectivity index is 2.51. The smallest absolute Gasteiger partial charge is 0.303 e. The first-order valence-corrected chi connectivity index (χ1v) is 5.30. The Morgan fingerprint density at radius 3 is 2.71 bits per heavy atom. The lowest BCUT2D eigenvalue weighted by Gasteiger charge is -2.12. The average molecular weight is 237 g/mol. The summed E-state index contributed by atoms with van der Waals surface area (Å²) in [6.45, 7) is 1.74. The highest BCUT2D eigenvalue weighted by Gasteiger charge is 2.11. The Labute approximate surface area is 99.1 Å². The zero-order valence-electron chi connectivity index (χ0n) is 9.51. The minimum absolute atomic E-state index is 0.0154. The van der Waals surface area contributed by atoms with Crippen molar-refractivity contribution < 1.29 is 19.8 Å². The quantitative estimate of drug-likeness (QED) is 0.722. The van der Waals surface area contributed by atoms with Crippen LogP contribution in [0.25, 0.3) is 0 Å². The fourth-order valence-electron chi connectivity index (χ4n) is 1.37. The van der Waals surface area contributed by atoms with E-state index in [-0.39, 0.29) is 24.1 Å². The van der Waals surface area contributed by atoms with Gasteiger partial charge in [-0.2, -0.15) is 0 Å². The molecule has 1 amide bonds. The lowest BCUT2D eigenvalue weighted by atomic mass is 10.1. The second-order valence-corrected chi connectivity index (χ2v) is 3.86. The summed E-state index contributed by atoms with van der Waals surface area (Å²) in [6, 6.07) is 5.77. The number of carbonyl (C=O) groups excluding carboxylic acids is 1. The van der Waals surface area contributed by atoms with E-state index in [1.54, 1.807) is 19.1 Å². The fraction of sp³-hybridized carbons (Fsp3) is 0.333. The number of amides is 1. The Morgan fingerprint density at radius 2 is 2.12 bits per heavy atom. The molecule has 3 N–H and O–H groups in total. The van der Waals surface area contributed by atoms with Crippen LogP contribution in [0.4, 0.5) is 0 Å². The van der Waals surface area contributed by atoms with Crippen LogP contribution in [0.5, 0.6) is 5.75 Å². The van der Waals surface area contributed by atoms with Gasteiger partial charge in [-0.1, -0.05) is 6.07 Å². The number of hydrogen-bond donors (Lipinski definition) is 3. The summed E-state index contributed by atoms with van der Waals surface area (Å²) in [5.74, 6) is -1.18. The number of phenols is 1. The Kier molecular flexibility index (Phi) is 4.51. The molecule has 1 aromatic carbocycles. The zero-order valence-corrected chi connectivity index (χ0v) is 9.51. The molecule has 1 unspecified atom stereocenters. The van der Waals surface area contributed by atoms with Gasteiger partial charge in [-0.15, -0.1) is 0 Å². The Morgan fingerprint density at radius 1 is 1.41 bits per heavy atom. The van der Waals surface area contributed by atoms with E-state index in [0.29, 0.717) is 12.0 Å². The third kappa shape index (κ3) is 4.55. The first kappa shape index (κ1) is 13.0. The SMILES string of the molecule is CC(CCC(=O)O)NC(=O)c1cccc(O)c1. The first-order chi connectivity index (χ1) is 7.99. The van der Waals surface area contributed by atoms with Crippen molar-refractivity contribution in [1.82, 2.24) is 5.32 Å². The lowest BCUT2D eigenvalue weighted by molar-refractivity contribution is -0.137. The molecule has 1 aromatic rings. The number of rotatable bonds is 5. The van der Waals surface area contributed by atoms with Crippen LogP contribution in [0.3, 0.4) is 0 Å². The molecule has 0 aliphatic heterocycles. The van der Waals surface area contributed by atoms with Gasteiger partial charge in [0.05, 0.1) is 0 Å². The highest BCUT2D eigenvalue weighted by molar-refractivity contribution is 5.94. The van der Waals surface area contributed by atoms with Crippen LogP contribution in [-0.2, 0) is 4.79 Å². The summed E-state index contributed by atoms with van der Waals surface area (Å²) in [5.41, 5.74) is 0.354. The van der Waals surface area contributed by atoms with E-state index in [0.717, 1.165) is 0 Å². The van der Waals surface area contributed by atoms with Gasteiger partial charge in [0.2, 0.25) is 0 Å². The standard InChI is InChI=1S/C12H15NO4/c1-8(5-6-11(15)16)13-12(17)9-3-2-4-10(14)7-9/h2-4,7-8,14H,5-6H2,1H3,(H,13,17)(H,15,16). The predicted octanol–water partition coefficient (Wildman–Crippen LogP) is 1.38. The van der Waals surface area contributed by atoms with Crippen LogP contribution in [0.1, 0.15) is 30.1 Å². The maximum atomic E-state index is 11.7. The minimum atomic E-state index is -0.886. The Bertz CT molecular complexity index is 417. The summed E-state index contributed by atoms with van der Waals surface area (Å²) in [7, 11) is 0. The van der Waals surface area contributed by atoms with E-state index < -0.39 is 5.97 Å². The number of carboxylic acid groups (broad SMARTS) is 1. The maximum Gasteiger partial charge on any atom is 0.303 e. The van der Waals surface area contributed by atoms with Gasteiger partial charge in [0.1, 0.15) is 5.75 Å². The van der Waals surface area contributed by atoms with Crippen molar-refractivity contribution in [2.24, 2.45) is 0 Å². The van der Waals surface area contributed by atoms with Crippen molar-refractivity contribution in [2.75, 3.05) is 0 Å². The van der Waals surface area contributed by atoms with E-state index >= 15 is 0 Å². The van der Waals surface area contributed by atoms with Gasteiger partial charge < -0.3 is 15.5 Å². The van der Waals surface area contributed by atoms with Crippen molar-refractivity contribution in [3.05, 3.63) is 29.8 Å². The summed E-state index contributed by atoms with van der Waals surface area (Å²) in [4.78, 5) is 22.0. The molecule has 0 radical (unpaired) electrons. The molecular formula is C12H15NO4. The van der Waals surface area contributed by atoms with Crippen LogP contribution >= 0.6 is 0 Å². The van der Waals surface area contributed by atoms with Crippen LogP contribution in [0.2, 0.25) is 0 Å². The number of phenolic OH excluding ortho intramolecular Hbond substituents is 1. The monoisotopic (exact) mass is 237 g/mol. The highest BCUT2D eigenvalue weighted by atomic mass is 16.4. The molecule has 5 heteroatoms. The zero-order chi connectivity index (χ0) is 12.8. The number of aliphatic carboxylic acids is 1. The Hall–Kier alpha value is -2.04. The summed E-state index contributed by atoms with van der Waals surface area (Å²) < 4.78 is 0. The van der Waals surface area contributed by atoms with Crippen molar-refractivity contribution in [2.45, 2.75) is 25.8 Å². The van der Waals surface area contributed by atoms with E-state index in [2.05, 4.69) is 5.32 Å². The lowest BCUT2D eigenvalue weighted by Crippen LogP contribution is -2.32. The van der Waals surface area contributed by atoms with Crippen LogP contribution < -0.4 is 5.32 Å². The van der Waals surface area contributed by atoms with Crippen molar-refractivity contribution in [1.29, 1.82) is 0 Å². The molecule has 0 spiro atoms. The molecule has 1 rings (SSSR count). The molecule has 0 aromatic heterocycles. The minimum Gasteiger partial charge on any atom is -0.508 e. The van der Waals surface area contributed by atoms with E-state index in [9.17, 15) is 14.7 Å².